The fourth-order valence-corrected chi connectivity index (χ4v) is 3.02. The van der Waals surface area contributed by atoms with Crippen molar-refractivity contribution >= 4 is 0 Å². The Morgan fingerprint density at radius 2 is 1.00 bits per heavy atom. The summed E-state index contributed by atoms with van der Waals surface area (Å²) in [5.41, 5.74) is 3.62. The van der Waals surface area contributed by atoms with Gasteiger partial charge in [-0.1, -0.05) is 78.0 Å². The Morgan fingerprint density at radius 1 is 0.667 bits per heavy atom. The highest BCUT2D eigenvalue weighted by molar-refractivity contribution is 5.43. The Kier molecular flexibility index (Phi) is 3.17. The third-order valence-corrected chi connectivity index (χ3v) is 4.03. The van der Waals surface area contributed by atoms with Crippen LogP contribution in [-0.4, -0.2) is 0 Å². The Bertz CT molecular complexity index is 409. The predicted octanol–water partition coefficient (Wildman–Crippen LogP) is 5.52. The van der Waals surface area contributed by atoms with Gasteiger partial charge in [0.1, 0.15) is 0 Å². The monoisotopic (exact) mass is 242 g/mol. The molecule has 0 saturated heterocycles. The molecule has 18 heavy (non-hydrogen) atoms. The van der Waals surface area contributed by atoms with Crippen LogP contribution in [0.25, 0.3) is 0 Å². The van der Waals surface area contributed by atoms with E-state index in [1.165, 1.54) is 11.1 Å². The van der Waals surface area contributed by atoms with Crippen molar-refractivity contribution in [3.8, 4) is 0 Å². The fraction of sp³-hybridized carbons (Fsp3) is 0.556. The van der Waals surface area contributed by atoms with Gasteiger partial charge in [-0.3, -0.25) is 0 Å². The SMILES string of the molecule is CC(C)(C)[C@@H]1C=C[C@H](C(C)(C)C)c2ccccc21. The molecule has 0 aromatic heterocycles. The van der Waals surface area contributed by atoms with Crippen molar-refractivity contribution in [3.05, 3.63) is 47.5 Å². The summed E-state index contributed by atoms with van der Waals surface area (Å²) in [6.07, 6.45) is 4.86. The fourth-order valence-electron chi connectivity index (χ4n) is 3.02. The number of fused-ring (bicyclic) bond motifs is 1. The van der Waals surface area contributed by atoms with Gasteiger partial charge in [-0.15, -0.1) is 0 Å². The average Bonchev–Trinajstić information content (AvgIpc) is 2.24. The molecule has 0 amide bonds. The first-order valence-corrected chi connectivity index (χ1v) is 6.98. The zero-order chi connectivity index (χ0) is 13.6. The summed E-state index contributed by atoms with van der Waals surface area (Å²) in [6.45, 7) is 14.0. The smallest absolute Gasteiger partial charge is 0.00697 e. The van der Waals surface area contributed by atoms with E-state index < -0.39 is 0 Å². The number of allylic oxidation sites excluding steroid dienone is 2. The molecule has 98 valence electrons. The second-order valence-electron chi connectivity index (χ2n) is 7.70. The molecule has 0 N–H and O–H groups in total. The Morgan fingerprint density at radius 3 is 1.28 bits per heavy atom. The molecule has 0 fully saturated rings. The van der Waals surface area contributed by atoms with Gasteiger partial charge in [0.05, 0.1) is 0 Å². The van der Waals surface area contributed by atoms with E-state index in [0.717, 1.165) is 0 Å². The van der Waals surface area contributed by atoms with Crippen molar-refractivity contribution < 1.29 is 0 Å². The molecule has 1 aromatic rings. The van der Waals surface area contributed by atoms with Crippen molar-refractivity contribution in [2.75, 3.05) is 0 Å². The molecule has 1 aliphatic rings. The lowest BCUT2D eigenvalue weighted by atomic mass is 9.65. The molecule has 0 heteroatoms. The third kappa shape index (κ3) is 2.39. The molecule has 0 radical (unpaired) electrons. The van der Waals surface area contributed by atoms with E-state index in [2.05, 4.69) is 78.0 Å². The molecule has 2 atom stereocenters. The summed E-state index contributed by atoms with van der Waals surface area (Å²) in [5, 5.41) is 0. The van der Waals surface area contributed by atoms with Crippen LogP contribution >= 0.6 is 0 Å². The lowest BCUT2D eigenvalue weighted by Crippen LogP contribution is -2.26. The zero-order valence-electron chi connectivity index (χ0n) is 12.6. The normalized spacial score (nSPS) is 23.9. The van der Waals surface area contributed by atoms with Gasteiger partial charge in [-0.2, -0.15) is 0 Å². The molecular formula is C18H26. The Hall–Kier alpha value is -1.04. The highest BCUT2D eigenvalue weighted by Crippen LogP contribution is 2.48. The largest absolute Gasteiger partial charge is 0.0798 e. The third-order valence-electron chi connectivity index (χ3n) is 4.03. The maximum Gasteiger partial charge on any atom is 0.00697 e. The van der Waals surface area contributed by atoms with E-state index in [-0.39, 0.29) is 10.8 Å². The quantitative estimate of drug-likeness (QED) is 0.526. The molecule has 0 aliphatic heterocycles. The van der Waals surface area contributed by atoms with Gasteiger partial charge in [0, 0.05) is 11.8 Å². The van der Waals surface area contributed by atoms with Crippen molar-refractivity contribution in [3.63, 3.8) is 0 Å². The van der Waals surface area contributed by atoms with Crippen LogP contribution in [0, 0.1) is 10.8 Å². The number of hydrogen-bond acceptors (Lipinski definition) is 0. The molecule has 0 nitrogen and oxygen atoms in total. The molecule has 0 spiro atoms. The summed E-state index contributed by atoms with van der Waals surface area (Å²) in [5.74, 6) is 1.07. The first kappa shape index (κ1) is 13.4. The van der Waals surface area contributed by atoms with Crippen molar-refractivity contribution in [1.82, 2.24) is 0 Å². The summed E-state index contributed by atoms with van der Waals surface area (Å²) in [7, 11) is 0. The van der Waals surface area contributed by atoms with Crippen LogP contribution in [0.5, 0.6) is 0 Å². The van der Waals surface area contributed by atoms with Crippen LogP contribution in [0.2, 0.25) is 0 Å². The maximum absolute atomic E-state index is 2.43. The molecule has 0 saturated carbocycles. The number of benzene rings is 1. The summed E-state index contributed by atoms with van der Waals surface area (Å²) < 4.78 is 0. The average molecular weight is 242 g/mol. The van der Waals surface area contributed by atoms with Gasteiger partial charge in [0.25, 0.3) is 0 Å². The van der Waals surface area contributed by atoms with Crippen molar-refractivity contribution in [1.29, 1.82) is 0 Å². The van der Waals surface area contributed by atoms with Crippen LogP contribution in [0.1, 0.15) is 64.5 Å². The van der Waals surface area contributed by atoms with E-state index >= 15 is 0 Å². The molecule has 2 rings (SSSR count). The van der Waals surface area contributed by atoms with Crippen molar-refractivity contribution in [2.45, 2.75) is 53.4 Å². The Balaban J connectivity index is 2.53. The molecule has 0 heterocycles. The topological polar surface area (TPSA) is 0 Å². The van der Waals surface area contributed by atoms with Crippen LogP contribution < -0.4 is 0 Å². The van der Waals surface area contributed by atoms with E-state index in [1.807, 2.05) is 0 Å². The summed E-state index contributed by atoms with van der Waals surface area (Å²) in [6, 6.07) is 8.98. The van der Waals surface area contributed by atoms with E-state index in [1.54, 1.807) is 0 Å². The zero-order valence-corrected chi connectivity index (χ0v) is 12.6. The van der Waals surface area contributed by atoms with Gasteiger partial charge in [0.2, 0.25) is 0 Å². The highest BCUT2D eigenvalue weighted by Gasteiger charge is 2.34. The first-order valence-electron chi connectivity index (χ1n) is 6.98. The van der Waals surface area contributed by atoms with Gasteiger partial charge < -0.3 is 0 Å². The summed E-state index contributed by atoms with van der Waals surface area (Å²) in [4.78, 5) is 0. The predicted molar refractivity (Wildman–Crippen MR) is 80.0 cm³/mol. The van der Waals surface area contributed by atoms with Crippen LogP contribution in [0.15, 0.2) is 36.4 Å². The van der Waals surface area contributed by atoms with E-state index in [0.29, 0.717) is 11.8 Å². The van der Waals surface area contributed by atoms with Crippen LogP contribution in [-0.2, 0) is 0 Å². The second-order valence-corrected chi connectivity index (χ2v) is 7.70. The van der Waals surface area contributed by atoms with E-state index in [4.69, 9.17) is 0 Å². The molecule has 1 aliphatic carbocycles. The minimum absolute atomic E-state index is 0.287. The van der Waals surface area contributed by atoms with Crippen molar-refractivity contribution in [2.24, 2.45) is 10.8 Å². The van der Waals surface area contributed by atoms with Gasteiger partial charge >= 0.3 is 0 Å². The van der Waals surface area contributed by atoms with Gasteiger partial charge in [-0.25, -0.2) is 0 Å². The minimum atomic E-state index is 0.287. The van der Waals surface area contributed by atoms with Crippen LogP contribution in [0.4, 0.5) is 0 Å². The number of rotatable bonds is 0. The molecule has 0 bridgehead atoms. The summed E-state index contributed by atoms with van der Waals surface area (Å²) >= 11 is 0. The number of hydrogen-bond donors (Lipinski definition) is 0. The molecule has 1 aromatic carbocycles. The first-order chi connectivity index (χ1) is 8.21. The van der Waals surface area contributed by atoms with Gasteiger partial charge in [0.15, 0.2) is 0 Å². The van der Waals surface area contributed by atoms with E-state index in [9.17, 15) is 0 Å². The minimum Gasteiger partial charge on any atom is -0.0798 e. The van der Waals surface area contributed by atoms with Crippen LogP contribution in [0.3, 0.4) is 0 Å². The maximum atomic E-state index is 2.43. The second kappa shape index (κ2) is 4.26. The lowest BCUT2D eigenvalue weighted by Gasteiger charge is -2.39. The molecular weight excluding hydrogens is 216 g/mol. The molecule has 0 unspecified atom stereocenters. The van der Waals surface area contributed by atoms with Gasteiger partial charge in [-0.05, 0) is 22.0 Å². The highest BCUT2D eigenvalue weighted by atomic mass is 14.4. The lowest BCUT2D eigenvalue weighted by molar-refractivity contribution is 0.329. The standard InChI is InChI=1S/C18H26/c1-17(2,3)15-11-12-16(18(4,5)6)14-10-8-7-9-13(14)15/h7-12,15-16H,1-6H3/t15-,16+. The Labute approximate surface area is 112 Å².